The summed E-state index contributed by atoms with van der Waals surface area (Å²) in [5.74, 6) is -1.18. The molecule has 3 N–H and O–H groups in total. The molecule has 0 aliphatic carbocycles. The fourth-order valence-electron chi connectivity index (χ4n) is 5.04. The maximum absolute atomic E-state index is 11.4. The Hall–Kier alpha value is -4.73. The molecule has 494 valence electrons. The first-order valence-corrected chi connectivity index (χ1v) is 30.1. The van der Waals surface area contributed by atoms with E-state index < -0.39 is 17.5 Å². The number of esters is 5. The topological polar surface area (TPSA) is 249 Å². The number of ether oxygens (including phenoxy) is 6. The van der Waals surface area contributed by atoms with Gasteiger partial charge in [0.2, 0.25) is 5.91 Å². The summed E-state index contributed by atoms with van der Waals surface area (Å²) in [7, 11) is 11.7. The van der Waals surface area contributed by atoms with Gasteiger partial charge in [-0.15, -0.1) is 0 Å². The third-order valence-electron chi connectivity index (χ3n) is 13.6. The van der Waals surface area contributed by atoms with E-state index in [0.717, 1.165) is 71.2 Å². The molecule has 2 unspecified atom stereocenters. The van der Waals surface area contributed by atoms with Crippen molar-refractivity contribution in [2.24, 2.45) is 33.5 Å². The Morgan fingerprint density at radius 1 is 0.548 bits per heavy atom. The van der Waals surface area contributed by atoms with Crippen molar-refractivity contribution in [1.29, 1.82) is 0 Å². The van der Waals surface area contributed by atoms with Gasteiger partial charge in [0.05, 0.1) is 59.1 Å². The number of amides is 1. The average molecular weight is 1200 g/mol. The van der Waals surface area contributed by atoms with Crippen molar-refractivity contribution in [1.82, 2.24) is 19.6 Å². The van der Waals surface area contributed by atoms with Gasteiger partial charge in [0.15, 0.2) is 0 Å². The molecule has 1 aromatic carbocycles. The zero-order valence-corrected chi connectivity index (χ0v) is 56.9. The molecule has 0 radical (unpaired) electrons. The van der Waals surface area contributed by atoms with Gasteiger partial charge in [-0.3, -0.25) is 28.8 Å². The Bertz CT molecular complexity index is 1780. The Morgan fingerprint density at radius 2 is 0.905 bits per heavy atom. The number of aromatic carboxylic acids is 1. The normalized spacial score (nSPS) is 12.9. The molecule has 84 heavy (non-hydrogen) atoms. The smallest absolute Gasteiger partial charge is 0.335 e. The number of carboxylic acid groups (broad SMARTS) is 1. The molecular formula is C64H122N4O16. The molecule has 0 spiro atoms. The van der Waals surface area contributed by atoms with Crippen molar-refractivity contribution >= 4 is 41.7 Å². The van der Waals surface area contributed by atoms with Crippen molar-refractivity contribution in [2.75, 3.05) is 128 Å². The van der Waals surface area contributed by atoms with Crippen molar-refractivity contribution in [3.63, 3.8) is 0 Å². The number of carbonyl (C=O) groups excluding carboxylic acids is 6. The molecule has 20 heteroatoms. The van der Waals surface area contributed by atoms with Gasteiger partial charge in [0, 0.05) is 45.2 Å². The van der Waals surface area contributed by atoms with Gasteiger partial charge in [-0.2, -0.15) is 0 Å². The van der Waals surface area contributed by atoms with Crippen LogP contribution in [0.15, 0.2) is 30.3 Å². The highest BCUT2D eigenvalue weighted by Crippen LogP contribution is 2.24. The number of benzene rings is 1. The lowest BCUT2D eigenvalue weighted by Gasteiger charge is -2.28. The second-order valence-electron chi connectivity index (χ2n) is 24.1. The van der Waals surface area contributed by atoms with Crippen LogP contribution in [0, 0.1) is 33.5 Å². The summed E-state index contributed by atoms with van der Waals surface area (Å²) >= 11 is 0. The first kappa shape index (κ1) is 88.0. The van der Waals surface area contributed by atoms with Crippen LogP contribution >= 0.6 is 0 Å². The van der Waals surface area contributed by atoms with Crippen molar-refractivity contribution in [3.8, 4) is 0 Å². The molecule has 0 bridgehead atoms. The van der Waals surface area contributed by atoms with Crippen molar-refractivity contribution in [3.05, 3.63) is 35.9 Å². The summed E-state index contributed by atoms with van der Waals surface area (Å²) in [6, 6.07) is 8.30. The number of hydrogen-bond donors (Lipinski definition) is 3. The molecule has 1 saturated heterocycles. The fourth-order valence-corrected chi connectivity index (χ4v) is 5.04. The van der Waals surface area contributed by atoms with E-state index in [0.29, 0.717) is 58.0 Å². The second kappa shape index (κ2) is 50.4. The first-order valence-electron chi connectivity index (χ1n) is 30.1. The molecule has 1 amide bonds. The number of nitrogens with zero attached hydrogens (tertiary/aromatic N) is 4. The molecule has 1 aliphatic rings. The number of hydrogen-bond acceptors (Lipinski definition) is 18. The van der Waals surface area contributed by atoms with Crippen molar-refractivity contribution in [2.45, 2.75) is 175 Å². The summed E-state index contributed by atoms with van der Waals surface area (Å²) in [6.45, 7) is 40.0. The molecule has 2 atom stereocenters. The maximum atomic E-state index is 11.4. The zero-order valence-electron chi connectivity index (χ0n) is 56.9. The van der Waals surface area contributed by atoms with E-state index in [1.807, 2.05) is 180 Å². The summed E-state index contributed by atoms with van der Waals surface area (Å²) in [6.07, 6.45) is 5.53. The highest BCUT2D eigenvalue weighted by atomic mass is 16.6. The number of carboxylic acids is 1. The molecule has 0 saturated carbocycles. The number of rotatable bonds is 28. The fraction of sp³-hybridized carbons (Fsp3) is 0.797. The Balaban J connectivity index is -0.000000290. The minimum atomic E-state index is -0.879. The molecule has 1 aromatic rings. The van der Waals surface area contributed by atoms with Crippen LogP contribution in [-0.2, 0) is 57.2 Å². The van der Waals surface area contributed by atoms with Crippen LogP contribution in [-0.4, -0.2) is 211 Å². The SMILES string of the molecule is CC(C)C(=O)N1CCOCC1.CCC(C)(C)C(=O)OCCN(C)C.CCC(C)(C)C(=O)OCCN(C)C.CCC(C)(C)C(=O)OCCN(C)C.CCC(C)C(=O)OCCCCO.CCC(O)COC(=O)C(C)(C)CC.O=C(O)c1ccccc1. The lowest BCUT2D eigenvalue weighted by Crippen LogP contribution is -2.42. The predicted molar refractivity (Wildman–Crippen MR) is 334 cm³/mol. The van der Waals surface area contributed by atoms with Crippen LogP contribution in [0.5, 0.6) is 0 Å². The summed E-state index contributed by atoms with van der Waals surface area (Å²) in [4.78, 5) is 86.2. The van der Waals surface area contributed by atoms with Crippen LogP contribution in [0.25, 0.3) is 0 Å². The van der Waals surface area contributed by atoms with E-state index >= 15 is 0 Å². The van der Waals surface area contributed by atoms with E-state index in [4.69, 9.17) is 43.7 Å². The number of morpholine rings is 1. The van der Waals surface area contributed by atoms with Crippen molar-refractivity contribution < 1.29 is 77.3 Å². The Labute approximate surface area is 509 Å². The minimum absolute atomic E-state index is 0.000809. The van der Waals surface area contributed by atoms with Gasteiger partial charge < -0.3 is 63.3 Å². The number of likely N-dealkylation sites (N-methyl/N-ethyl adjacent to an activating group) is 3. The number of aliphatic hydroxyl groups is 2. The van der Waals surface area contributed by atoms with E-state index in [1.54, 1.807) is 30.3 Å². The first-order chi connectivity index (χ1) is 38.9. The molecule has 2 rings (SSSR count). The largest absolute Gasteiger partial charge is 0.478 e. The zero-order chi connectivity index (χ0) is 66.3. The molecule has 20 nitrogen and oxygen atoms in total. The molecule has 1 aliphatic heterocycles. The summed E-state index contributed by atoms with van der Waals surface area (Å²) in [5, 5.41) is 26.0. The summed E-state index contributed by atoms with van der Waals surface area (Å²) in [5.41, 5.74) is -1.13. The van der Waals surface area contributed by atoms with E-state index in [2.05, 4.69) is 0 Å². The van der Waals surface area contributed by atoms with Crippen LogP contribution < -0.4 is 0 Å². The van der Waals surface area contributed by atoms with E-state index in [1.165, 1.54) is 0 Å². The Kier molecular flexibility index (Phi) is 52.8. The predicted octanol–water partition coefficient (Wildman–Crippen LogP) is 9.55. The van der Waals surface area contributed by atoms with E-state index in [-0.39, 0.29) is 77.0 Å². The van der Waals surface area contributed by atoms with Gasteiger partial charge in [-0.05, 0) is 161 Å². The van der Waals surface area contributed by atoms with Crippen LogP contribution in [0.1, 0.15) is 179 Å². The summed E-state index contributed by atoms with van der Waals surface area (Å²) < 4.78 is 30.4. The Morgan fingerprint density at radius 3 is 1.18 bits per heavy atom. The molecule has 1 heterocycles. The lowest BCUT2D eigenvalue weighted by atomic mass is 9.91. The quantitative estimate of drug-likeness (QED) is 0.0401. The minimum Gasteiger partial charge on any atom is -0.478 e. The van der Waals surface area contributed by atoms with Crippen LogP contribution in [0.2, 0.25) is 0 Å². The van der Waals surface area contributed by atoms with Gasteiger partial charge in [-0.1, -0.05) is 80.5 Å². The number of carbonyl (C=O) groups is 7. The highest BCUT2D eigenvalue weighted by Gasteiger charge is 2.29. The van der Waals surface area contributed by atoms with Crippen LogP contribution in [0.3, 0.4) is 0 Å². The average Bonchev–Trinajstić information content (AvgIpc) is 3.45. The molecular weight excluding hydrogens is 1080 g/mol. The third-order valence-corrected chi connectivity index (χ3v) is 13.6. The standard InChI is InChI=1S/3C10H21NO2.C10H20O3.C9H18O3.C8H15NO2.C7H6O2/c3*1-6-10(2,3)9(12)13-8-7-11(4)5;1-5-8(11)7-13-9(12)10(3,4)6-2;1-3-8(2)9(11)12-7-5-4-6-10;1-7(2)8(10)9-3-5-11-6-4-9;8-7(9)6-4-2-1-3-5-6/h3*6-8H2,1-5H3;8,11H,5-7H2,1-4H3;8,10H,3-7H2,1-2H3;7H,3-6H2,1-2H3;1-5H,(H,8,9). The van der Waals surface area contributed by atoms with Gasteiger partial charge >= 0.3 is 35.8 Å². The highest BCUT2D eigenvalue weighted by molar-refractivity contribution is 5.87. The number of aliphatic hydroxyl groups excluding tert-OH is 2. The lowest BCUT2D eigenvalue weighted by molar-refractivity contribution is -0.157. The molecule has 0 aromatic heterocycles. The molecule has 1 fully saturated rings. The second-order valence-corrected chi connectivity index (χ2v) is 24.1. The number of unbranched alkanes of at least 4 members (excludes halogenated alkanes) is 1. The maximum Gasteiger partial charge on any atom is 0.335 e. The van der Waals surface area contributed by atoms with Gasteiger partial charge in [0.25, 0.3) is 0 Å². The van der Waals surface area contributed by atoms with E-state index in [9.17, 15) is 33.6 Å². The third kappa shape index (κ3) is 48.5. The van der Waals surface area contributed by atoms with Gasteiger partial charge in [0.1, 0.15) is 26.4 Å². The van der Waals surface area contributed by atoms with Crippen LogP contribution in [0.4, 0.5) is 0 Å². The van der Waals surface area contributed by atoms with Gasteiger partial charge in [-0.25, -0.2) is 4.79 Å². The monoisotopic (exact) mass is 1200 g/mol.